The van der Waals surface area contributed by atoms with Crippen molar-refractivity contribution in [2.45, 2.75) is 17.9 Å². The van der Waals surface area contributed by atoms with Crippen LogP contribution < -0.4 is 4.72 Å². The summed E-state index contributed by atoms with van der Waals surface area (Å²) < 4.78 is 41.5. The molecule has 0 saturated carbocycles. The second-order valence-corrected chi connectivity index (χ2v) is 6.27. The van der Waals surface area contributed by atoms with E-state index in [1.165, 1.54) is 6.07 Å². The number of benzene rings is 1. The molecule has 6 nitrogen and oxygen atoms in total. The van der Waals surface area contributed by atoms with Crippen molar-refractivity contribution in [2.75, 3.05) is 6.54 Å². The molecular formula is C13H16FN3O3S. The Morgan fingerprint density at radius 1 is 1.38 bits per heavy atom. The molecule has 0 aliphatic carbocycles. The van der Waals surface area contributed by atoms with Crippen LogP contribution in [-0.4, -0.2) is 29.8 Å². The van der Waals surface area contributed by atoms with E-state index in [0.29, 0.717) is 6.42 Å². The van der Waals surface area contributed by atoms with Crippen molar-refractivity contribution < 1.29 is 17.9 Å². The normalized spacial score (nSPS) is 11.8. The molecule has 0 atom stereocenters. The fraction of sp³-hybridized carbons (Fsp3) is 0.308. The molecule has 0 unspecified atom stereocenters. The van der Waals surface area contributed by atoms with Crippen LogP contribution in [0.5, 0.6) is 0 Å². The summed E-state index contributed by atoms with van der Waals surface area (Å²) in [5.41, 5.74) is 0.845. The van der Waals surface area contributed by atoms with Gasteiger partial charge < -0.3 is 5.11 Å². The fourth-order valence-corrected chi connectivity index (χ4v) is 2.96. The van der Waals surface area contributed by atoms with E-state index in [1.54, 1.807) is 24.0 Å². The molecule has 8 heteroatoms. The number of rotatable bonds is 6. The van der Waals surface area contributed by atoms with Crippen molar-refractivity contribution in [3.05, 3.63) is 47.5 Å². The first-order valence-corrected chi connectivity index (χ1v) is 7.78. The molecule has 0 saturated heterocycles. The molecule has 114 valence electrons. The van der Waals surface area contributed by atoms with Crippen molar-refractivity contribution in [2.24, 2.45) is 7.05 Å². The maximum Gasteiger partial charge on any atom is 0.240 e. The number of hydrogen-bond acceptors (Lipinski definition) is 4. The topological polar surface area (TPSA) is 84.2 Å². The molecule has 0 bridgehead atoms. The standard InChI is InChI=1S/C13H16FN3O3S/c1-17-11(4-6-15-17)5-7-16-21(19,20)12-2-3-13(14)10(8-12)9-18/h2-4,6,8,16,18H,5,7,9H2,1H3. The predicted octanol–water partition coefficient (Wildman–Crippen LogP) is 0.573. The van der Waals surface area contributed by atoms with Crippen molar-refractivity contribution >= 4 is 10.0 Å². The molecule has 0 fully saturated rings. The van der Waals surface area contributed by atoms with Crippen molar-refractivity contribution in [1.82, 2.24) is 14.5 Å². The number of aryl methyl sites for hydroxylation is 1. The van der Waals surface area contributed by atoms with Gasteiger partial charge in [0.1, 0.15) is 5.82 Å². The zero-order chi connectivity index (χ0) is 15.5. The maximum absolute atomic E-state index is 13.3. The van der Waals surface area contributed by atoms with E-state index < -0.39 is 22.4 Å². The number of aliphatic hydroxyl groups is 1. The monoisotopic (exact) mass is 313 g/mol. The van der Waals surface area contributed by atoms with Gasteiger partial charge in [-0.1, -0.05) is 0 Å². The molecule has 1 aromatic heterocycles. The maximum atomic E-state index is 13.3. The number of sulfonamides is 1. The van der Waals surface area contributed by atoms with E-state index in [4.69, 9.17) is 5.11 Å². The Morgan fingerprint density at radius 2 is 2.14 bits per heavy atom. The van der Waals surface area contributed by atoms with Gasteiger partial charge in [-0.25, -0.2) is 17.5 Å². The number of halogens is 1. The lowest BCUT2D eigenvalue weighted by molar-refractivity contribution is 0.275. The molecule has 0 amide bonds. The minimum atomic E-state index is -3.73. The highest BCUT2D eigenvalue weighted by molar-refractivity contribution is 7.89. The molecular weight excluding hydrogens is 297 g/mol. The molecule has 1 aromatic carbocycles. The Hall–Kier alpha value is -1.77. The summed E-state index contributed by atoms with van der Waals surface area (Å²) in [6.45, 7) is -0.349. The number of aliphatic hydroxyl groups excluding tert-OH is 1. The van der Waals surface area contributed by atoms with Gasteiger partial charge in [0.15, 0.2) is 0 Å². The van der Waals surface area contributed by atoms with Crippen LogP contribution in [-0.2, 0) is 30.1 Å². The molecule has 0 radical (unpaired) electrons. The Morgan fingerprint density at radius 3 is 2.76 bits per heavy atom. The van der Waals surface area contributed by atoms with Crippen molar-refractivity contribution in [3.63, 3.8) is 0 Å². The molecule has 0 spiro atoms. The summed E-state index contributed by atoms with van der Waals surface area (Å²) >= 11 is 0. The van der Waals surface area contributed by atoms with Crippen LogP contribution in [0.1, 0.15) is 11.3 Å². The van der Waals surface area contributed by atoms with Crippen LogP contribution in [0.15, 0.2) is 35.4 Å². The number of nitrogens with zero attached hydrogens (tertiary/aromatic N) is 2. The smallest absolute Gasteiger partial charge is 0.240 e. The number of aromatic nitrogens is 2. The molecule has 1 heterocycles. The summed E-state index contributed by atoms with van der Waals surface area (Å²) in [5.74, 6) is -0.633. The predicted molar refractivity (Wildman–Crippen MR) is 74.4 cm³/mol. The van der Waals surface area contributed by atoms with Crippen LogP contribution in [0.4, 0.5) is 4.39 Å². The Bertz CT molecular complexity index is 728. The number of nitrogens with one attached hydrogen (secondary N) is 1. The minimum absolute atomic E-state index is 0.0514. The molecule has 0 aliphatic heterocycles. The summed E-state index contributed by atoms with van der Waals surface area (Å²) in [5, 5.41) is 13.0. The second kappa shape index (κ2) is 6.33. The average molecular weight is 313 g/mol. The van der Waals surface area contributed by atoms with Crippen LogP contribution in [0.2, 0.25) is 0 Å². The third kappa shape index (κ3) is 3.66. The molecule has 2 aromatic rings. The van der Waals surface area contributed by atoms with Crippen LogP contribution in [0, 0.1) is 5.82 Å². The van der Waals surface area contributed by atoms with Crippen LogP contribution in [0.3, 0.4) is 0 Å². The van der Waals surface area contributed by atoms with E-state index in [1.807, 2.05) is 0 Å². The lowest BCUT2D eigenvalue weighted by Gasteiger charge is -2.08. The van der Waals surface area contributed by atoms with Crippen molar-refractivity contribution in [3.8, 4) is 0 Å². The van der Waals surface area contributed by atoms with Gasteiger partial charge in [-0.2, -0.15) is 5.10 Å². The summed E-state index contributed by atoms with van der Waals surface area (Å²) in [6, 6.07) is 5.12. The van der Waals surface area contributed by atoms with Gasteiger partial charge in [0.25, 0.3) is 0 Å². The van der Waals surface area contributed by atoms with Gasteiger partial charge in [0.2, 0.25) is 10.0 Å². The van der Waals surface area contributed by atoms with Gasteiger partial charge in [-0.3, -0.25) is 4.68 Å². The molecule has 0 aliphatic rings. The van der Waals surface area contributed by atoms with Gasteiger partial charge in [-0.05, 0) is 24.3 Å². The highest BCUT2D eigenvalue weighted by Gasteiger charge is 2.15. The first-order valence-electron chi connectivity index (χ1n) is 6.30. The van der Waals surface area contributed by atoms with Crippen LogP contribution >= 0.6 is 0 Å². The third-order valence-electron chi connectivity index (χ3n) is 3.09. The first-order chi connectivity index (χ1) is 9.94. The minimum Gasteiger partial charge on any atom is -0.392 e. The SMILES string of the molecule is Cn1nccc1CCNS(=O)(=O)c1ccc(F)c(CO)c1. The molecule has 21 heavy (non-hydrogen) atoms. The largest absolute Gasteiger partial charge is 0.392 e. The van der Waals surface area contributed by atoms with E-state index in [-0.39, 0.29) is 17.0 Å². The van der Waals surface area contributed by atoms with Gasteiger partial charge in [0.05, 0.1) is 11.5 Å². The third-order valence-corrected chi connectivity index (χ3v) is 4.55. The quantitative estimate of drug-likeness (QED) is 0.817. The van der Waals surface area contributed by atoms with Crippen molar-refractivity contribution in [1.29, 1.82) is 0 Å². The average Bonchev–Trinajstić information content (AvgIpc) is 2.84. The fourth-order valence-electron chi connectivity index (χ4n) is 1.88. The molecule has 2 rings (SSSR count). The molecule has 2 N–H and O–H groups in total. The summed E-state index contributed by atoms with van der Waals surface area (Å²) in [7, 11) is -1.96. The van der Waals surface area contributed by atoms with Crippen LogP contribution in [0.25, 0.3) is 0 Å². The van der Waals surface area contributed by atoms with E-state index in [9.17, 15) is 12.8 Å². The zero-order valence-electron chi connectivity index (χ0n) is 11.5. The van der Waals surface area contributed by atoms with E-state index >= 15 is 0 Å². The Balaban J connectivity index is 2.06. The lowest BCUT2D eigenvalue weighted by Crippen LogP contribution is -2.26. The lowest BCUT2D eigenvalue weighted by atomic mass is 10.2. The van der Waals surface area contributed by atoms with Gasteiger partial charge in [-0.15, -0.1) is 0 Å². The second-order valence-electron chi connectivity index (χ2n) is 4.51. The number of hydrogen-bond donors (Lipinski definition) is 2. The zero-order valence-corrected chi connectivity index (χ0v) is 12.3. The van der Waals surface area contributed by atoms with E-state index in [2.05, 4.69) is 9.82 Å². The highest BCUT2D eigenvalue weighted by atomic mass is 32.2. The highest BCUT2D eigenvalue weighted by Crippen LogP contribution is 2.15. The summed E-state index contributed by atoms with van der Waals surface area (Å²) in [6.07, 6.45) is 2.13. The Labute approximate surface area is 122 Å². The summed E-state index contributed by atoms with van der Waals surface area (Å²) in [4.78, 5) is -0.0713. The first kappa shape index (κ1) is 15.6. The van der Waals surface area contributed by atoms with Gasteiger partial charge >= 0.3 is 0 Å². The van der Waals surface area contributed by atoms with Gasteiger partial charge in [0, 0.05) is 37.5 Å². The van der Waals surface area contributed by atoms with E-state index in [0.717, 1.165) is 17.8 Å². The Kier molecular flexibility index (Phi) is 4.71.